The molecule has 3 N–H and O–H groups in total. The highest BCUT2D eigenvalue weighted by molar-refractivity contribution is 9.10. The zero-order chi connectivity index (χ0) is 13.9. The zero-order valence-corrected chi connectivity index (χ0v) is 12.1. The monoisotopic (exact) mass is 321 g/mol. The highest BCUT2D eigenvalue weighted by Gasteiger charge is 2.34. The molecule has 102 valence electrons. The van der Waals surface area contributed by atoms with Crippen LogP contribution < -0.4 is 5.73 Å². The molecule has 0 aliphatic heterocycles. The van der Waals surface area contributed by atoms with Gasteiger partial charge < -0.3 is 10.8 Å². The van der Waals surface area contributed by atoms with Crippen LogP contribution in [-0.4, -0.2) is 18.3 Å². The van der Waals surface area contributed by atoms with Crippen LogP contribution in [0.3, 0.4) is 0 Å². The summed E-state index contributed by atoms with van der Waals surface area (Å²) in [6.45, 7) is 3.74. The van der Waals surface area contributed by atoms with E-state index in [2.05, 4.69) is 15.9 Å². The second kappa shape index (κ2) is 6.08. The molecule has 18 heavy (non-hydrogen) atoms. The molecule has 1 rings (SSSR count). The summed E-state index contributed by atoms with van der Waals surface area (Å²) in [7, 11) is 0. The van der Waals surface area contributed by atoms with Crippen molar-refractivity contribution < 1.29 is 13.9 Å². The van der Waals surface area contributed by atoms with Crippen molar-refractivity contribution in [3.05, 3.63) is 33.8 Å². The largest absolute Gasteiger partial charge is 0.396 e. The minimum Gasteiger partial charge on any atom is -0.396 e. The van der Waals surface area contributed by atoms with Crippen molar-refractivity contribution in [3.8, 4) is 0 Å². The van der Waals surface area contributed by atoms with Gasteiger partial charge in [-0.2, -0.15) is 0 Å². The Labute approximate surface area is 114 Å². The van der Waals surface area contributed by atoms with Crippen molar-refractivity contribution in [2.24, 2.45) is 17.1 Å². The van der Waals surface area contributed by atoms with Gasteiger partial charge in [0.25, 0.3) is 0 Å². The Morgan fingerprint density at radius 1 is 1.39 bits per heavy atom. The summed E-state index contributed by atoms with van der Waals surface area (Å²) in [4.78, 5) is 0. The molecule has 1 aromatic carbocycles. The molecule has 0 amide bonds. The van der Waals surface area contributed by atoms with Crippen molar-refractivity contribution in [2.75, 3.05) is 13.2 Å². The van der Waals surface area contributed by atoms with Crippen LogP contribution in [0.25, 0.3) is 0 Å². The molecule has 0 bridgehead atoms. The Kier molecular flexibility index (Phi) is 5.25. The molecular formula is C13H18BrF2NO. The highest BCUT2D eigenvalue weighted by Crippen LogP contribution is 2.33. The Balaban J connectivity index is 3.20. The number of hydrogen-bond donors (Lipinski definition) is 2. The Morgan fingerprint density at radius 3 is 2.44 bits per heavy atom. The molecule has 0 saturated carbocycles. The van der Waals surface area contributed by atoms with Gasteiger partial charge in [0.05, 0.1) is 11.1 Å². The summed E-state index contributed by atoms with van der Waals surface area (Å²) in [6.07, 6.45) is 0.0781. The summed E-state index contributed by atoms with van der Waals surface area (Å²) in [5, 5.41) is 9.52. The van der Waals surface area contributed by atoms with E-state index in [4.69, 9.17) is 5.73 Å². The van der Waals surface area contributed by atoms with E-state index in [-0.39, 0.29) is 35.5 Å². The van der Waals surface area contributed by atoms with Gasteiger partial charge in [-0.3, -0.25) is 0 Å². The Hall–Kier alpha value is -0.520. The molecule has 2 nitrogen and oxygen atoms in total. The lowest BCUT2D eigenvalue weighted by Gasteiger charge is -2.35. The lowest BCUT2D eigenvalue weighted by Crippen LogP contribution is -2.41. The van der Waals surface area contributed by atoms with Crippen molar-refractivity contribution in [1.29, 1.82) is 0 Å². The molecule has 0 heterocycles. The van der Waals surface area contributed by atoms with Crippen molar-refractivity contribution in [3.63, 3.8) is 0 Å². The molecule has 0 spiro atoms. The van der Waals surface area contributed by atoms with E-state index in [9.17, 15) is 13.9 Å². The van der Waals surface area contributed by atoms with Crippen LogP contribution in [0, 0.1) is 23.0 Å². The molecule has 0 fully saturated rings. The van der Waals surface area contributed by atoms with Gasteiger partial charge in [-0.15, -0.1) is 0 Å². The lowest BCUT2D eigenvalue weighted by atomic mass is 9.73. The summed E-state index contributed by atoms with van der Waals surface area (Å²) < 4.78 is 27.8. The van der Waals surface area contributed by atoms with Crippen molar-refractivity contribution in [2.45, 2.75) is 20.3 Å². The predicted octanol–water partition coefficient (Wildman–Crippen LogP) is 2.86. The van der Waals surface area contributed by atoms with Gasteiger partial charge >= 0.3 is 0 Å². The molecule has 0 saturated heterocycles. The van der Waals surface area contributed by atoms with E-state index >= 15 is 0 Å². The number of hydrogen-bond acceptors (Lipinski definition) is 2. The molecule has 1 atom stereocenters. The van der Waals surface area contributed by atoms with E-state index in [0.717, 1.165) is 0 Å². The minimum absolute atomic E-state index is 0.0188. The van der Waals surface area contributed by atoms with Gasteiger partial charge in [-0.25, -0.2) is 8.78 Å². The number of nitrogens with two attached hydrogens (primary N) is 1. The predicted molar refractivity (Wildman–Crippen MR) is 71.2 cm³/mol. The first-order valence-electron chi connectivity index (χ1n) is 5.81. The molecule has 1 aromatic rings. The van der Waals surface area contributed by atoms with Crippen molar-refractivity contribution in [1.82, 2.24) is 0 Å². The maximum Gasteiger partial charge on any atom is 0.143 e. The van der Waals surface area contributed by atoms with Gasteiger partial charge in [0.1, 0.15) is 11.6 Å². The number of aliphatic hydroxyl groups is 1. The third kappa shape index (κ3) is 2.90. The lowest BCUT2D eigenvalue weighted by molar-refractivity contribution is 0.0824. The SMILES string of the molecule is CC(C)C(CN)(CO)Cc1c(F)ccc(Br)c1F. The van der Waals surface area contributed by atoms with E-state index in [1.54, 1.807) is 0 Å². The summed E-state index contributed by atoms with van der Waals surface area (Å²) in [5.74, 6) is -1.21. The van der Waals surface area contributed by atoms with E-state index < -0.39 is 17.0 Å². The average Bonchev–Trinajstić information content (AvgIpc) is 2.35. The molecule has 0 aliphatic rings. The van der Waals surface area contributed by atoms with Crippen LogP contribution in [0.4, 0.5) is 8.78 Å². The fraction of sp³-hybridized carbons (Fsp3) is 0.538. The first-order valence-corrected chi connectivity index (χ1v) is 6.60. The molecule has 0 aromatic heterocycles. The van der Waals surface area contributed by atoms with Gasteiger partial charge in [0.2, 0.25) is 0 Å². The first-order chi connectivity index (χ1) is 8.38. The van der Waals surface area contributed by atoms with Crippen LogP contribution in [0.15, 0.2) is 16.6 Å². The molecule has 0 aliphatic carbocycles. The maximum atomic E-state index is 13.9. The third-order valence-corrected chi connectivity index (χ3v) is 4.23. The van der Waals surface area contributed by atoms with Gasteiger partial charge in [0, 0.05) is 17.5 Å². The molecule has 0 radical (unpaired) electrons. The van der Waals surface area contributed by atoms with Gasteiger partial charge in [-0.1, -0.05) is 13.8 Å². The molecule has 5 heteroatoms. The van der Waals surface area contributed by atoms with Crippen LogP contribution in [0.2, 0.25) is 0 Å². The van der Waals surface area contributed by atoms with Crippen LogP contribution in [0.5, 0.6) is 0 Å². The topological polar surface area (TPSA) is 46.2 Å². The summed E-state index contributed by atoms with van der Waals surface area (Å²) in [6, 6.07) is 2.54. The van der Waals surface area contributed by atoms with E-state index in [1.165, 1.54) is 12.1 Å². The second-order valence-electron chi connectivity index (χ2n) is 4.88. The van der Waals surface area contributed by atoms with Crippen molar-refractivity contribution >= 4 is 15.9 Å². The smallest absolute Gasteiger partial charge is 0.143 e. The summed E-state index contributed by atoms with van der Waals surface area (Å²) in [5.41, 5.74) is 4.95. The normalized spacial score (nSPS) is 14.9. The number of benzene rings is 1. The van der Waals surface area contributed by atoms with Crippen LogP contribution >= 0.6 is 15.9 Å². The molecular weight excluding hydrogens is 304 g/mol. The van der Waals surface area contributed by atoms with Crippen LogP contribution in [-0.2, 0) is 6.42 Å². The fourth-order valence-electron chi connectivity index (χ4n) is 1.90. The van der Waals surface area contributed by atoms with Gasteiger partial charge in [0.15, 0.2) is 0 Å². The number of rotatable bonds is 5. The highest BCUT2D eigenvalue weighted by atomic mass is 79.9. The second-order valence-corrected chi connectivity index (χ2v) is 5.73. The van der Waals surface area contributed by atoms with E-state index in [1.807, 2.05) is 13.8 Å². The van der Waals surface area contributed by atoms with Crippen LogP contribution in [0.1, 0.15) is 19.4 Å². The fourth-order valence-corrected chi connectivity index (χ4v) is 2.27. The Bertz CT molecular complexity index is 420. The average molecular weight is 322 g/mol. The quantitative estimate of drug-likeness (QED) is 0.819. The molecule has 1 unspecified atom stereocenters. The third-order valence-electron chi connectivity index (χ3n) is 3.61. The standard InChI is InChI=1S/C13H18BrF2NO/c1-8(2)13(6-17,7-18)5-9-11(15)4-3-10(14)12(9)16/h3-4,8,18H,5-7,17H2,1-2H3. The Morgan fingerprint density at radius 2 is 2.00 bits per heavy atom. The minimum atomic E-state index is -0.706. The summed E-state index contributed by atoms with van der Waals surface area (Å²) >= 11 is 3.03. The first kappa shape index (κ1) is 15.5. The van der Waals surface area contributed by atoms with E-state index in [0.29, 0.717) is 0 Å². The number of halogens is 3. The maximum absolute atomic E-state index is 13.9. The number of aliphatic hydroxyl groups excluding tert-OH is 1. The zero-order valence-electron chi connectivity index (χ0n) is 10.5. The van der Waals surface area contributed by atoms with Gasteiger partial charge in [-0.05, 0) is 40.4 Å².